The third kappa shape index (κ3) is 3.88. The molecule has 1 saturated heterocycles. The maximum atomic E-state index is 13.9. The van der Waals surface area contributed by atoms with Crippen LogP contribution in [0, 0.1) is 12.3 Å². The molecule has 2 aliphatic rings. The number of methoxy groups -OCH3 is 1. The van der Waals surface area contributed by atoms with Crippen LogP contribution in [0.3, 0.4) is 0 Å². The standard InChI is InChI=1S/C26H29F2N3O2/c1-16-11-22(33-2)20(19-7-9-30-23(16)19)13-31-10-8-25(14-26(27,28)15-25)12-21(31)17-3-5-18(6-4-17)24(29)32/h3-7,9,11,21,30H,8,10,12-15H2,1-2H3,(H2,29,32). The van der Waals surface area contributed by atoms with Crippen LogP contribution in [0.15, 0.2) is 42.6 Å². The number of ether oxygens (including phenoxy) is 1. The van der Waals surface area contributed by atoms with E-state index in [9.17, 15) is 13.6 Å². The number of benzene rings is 2. The highest BCUT2D eigenvalue weighted by atomic mass is 19.3. The molecule has 174 valence electrons. The lowest BCUT2D eigenvalue weighted by Gasteiger charge is -2.54. The third-order valence-electron chi connectivity index (χ3n) is 7.54. The molecule has 7 heteroatoms. The summed E-state index contributed by atoms with van der Waals surface area (Å²) in [5, 5.41) is 1.12. The van der Waals surface area contributed by atoms with E-state index in [0.29, 0.717) is 18.5 Å². The van der Waals surface area contributed by atoms with Crippen LogP contribution in [0.4, 0.5) is 8.78 Å². The van der Waals surface area contributed by atoms with Crippen molar-refractivity contribution < 1.29 is 18.3 Å². The quantitative estimate of drug-likeness (QED) is 0.548. The highest BCUT2D eigenvalue weighted by Crippen LogP contribution is 2.60. The number of carbonyl (C=O) groups excluding carboxylic acids is 1. The molecular formula is C26H29F2N3O2. The fraction of sp³-hybridized carbons (Fsp3) is 0.423. The highest BCUT2D eigenvalue weighted by molar-refractivity contribution is 5.92. The molecule has 1 saturated carbocycles. The Morgan fingerprint density at radius 2 is 1.97 bits per heavy atom. The minimum absolute atomic E-state index is 0.0308. The molecule has 0 radical (unpaired) electrons. The normalized spacial score (nSPS) is 21.8. The monoisotopic (exact) mass is 453 g/mol. The number of nitrogens with two attached hydrogens (primary N) is 1. The molecule has 1 atom stereocenters. The molecule has 2 heterocycles. The number of aryl methyl sites for hydroxylation is 1. The first kappa shape index (κ1) is 21.9. The number of hydrogen-bond acceptors (Lipinski definition) is 3. The molecule has 33 heavy (non-hydrogen) atoms. The predicted molar refractivity (Wildman–Crippen MR) is 124 cm³/mol. The van der Waals surface area contributed by atoms with Gasteiger partial charge in [-0.1, -0.05) is 12.1 Å². The average molecular weight is 454 g/mol. The second-order valence-corrected chi connectivity index (χ2v) is 9.78. The fourth-order valence-electron chi connectivity index (χ4n) is 5.92. The van der Waals surface area contributed by atoms with Gasteiger partial charge in [0.15, 0.2) is 0 Å². The van der Waals surface area contributed by atoms with Gasteiger partial charge in [0.25, 0.3) is 0 Å². The maximum absolute atomic E-state index is 13.9. The number of carbonyl (C=O) groups is 1. The van der Waals surface area contributed by atoms with Crippen molar-refractivity contribution in [2.75, 3.05) is 13.7 Å². The molecule has 3 aromatic rings. The summed E-state index contributed by atoms with van der Waals surface area (Å²) in [6.45, 7) is 3.42. The van der Waals surface area contributed by atoms with Crippen LogP contribution < -0.4 is 10.5 Å². The number of halogens is 2. The molecule has 1 aliphatic heterocycles. The maximum Gasteiger partial charge on any atom is 0.249 e. The first-order chi connectivity index (χ1) is 15.7. The van der Waals surface area contributed by atoms with E-state index >= 15 is 0 Å². The molecule has 0 bridgehead atoms. The van der Waals surface area contributed by atoms with Crippen LogP contribution >= 0.6 is 0 Å². The lowest BCUT2D eigenvalue weighted by Crippen LogP contribution is -2.53. The number of aromatic nitrogens is 1. The number of nitrogens with one attached hydrogen (secondary N) is 1. The number of hydrogen-bond donors (Lipinski definition) is 2. The minimum Gasteiger partial charge on any atom is -0.496 e. The zero-order chi connectivity index (χ0) is 23.4. The van der Waals surface area contributed by atoms with E-state index < -0.39 is 11.8 Å². The molecule has 1 aromatic heterocycles. The number of likely N-dealkylation sites (tertiary alicyclic amines) is 1. The van der Waals surface area contributed by atoms with Crippen LogP contribution in [-0.4, -0.2) is 35.4 Å². The number of fused-ring (bicyclic) bond motifs is 1. The van der Waals surface area contributed by atoms with Crippen molar-refractivity contribution in [2.24, 2.45) is 11.1 Å². The Balaban J connectivity index is 1.50. The van der Waals surface area contributed by atoms with Crippen molar-refractivity contribution in [3.05, 3.63) is 64.8 Å². The molecule has 3 N–H and O–H groups in total. The number of nitrogens with zero attached hydrogens (tertiary/aromatic N) is 1. The molecule has 1 aliphatic carbocycles. The van der Waals surface area contributed by atoms with E-state index in [4.69, 9.17) is 10.5 Å². The van der Waals surface area contributed by atoms with E-state index in [1.807, 2.05) is 24.4 Å². The van der Waals surface area contributed by atoms with Crippen LogP contribution in [-0.2, 0) is 6.54 Å². The lowest BCUT2D eigenvalue weighted by atomic mass is 9.59. The minimum atomic E-state index is -2.56. The molecular weight excluding hydrogens is 424 g/mol. The topological polar surface area (TPSA) is 71.3 Å². The average Bonchev–Trinajstić information content (AvgIpc) is 3.26. The summed E-state index contributed by atoms with van der Waals surface area (Å²) in [4.78, 5) is 17.2. The Kier molecular flexibility index (Phi) is 5.20. The van der Waals surface area contributed by atoms with Crippen molar-refractivity contribution in [2.45, 2.75) is 51.1 Å². The zero-order valence-electron chi connectivity index (χ0n) is 19.0. The van der Waals surface area contributed by atoms with Crippen molar-refractivity contribution in [3.8, 4) is 5.75 Å². The number of rotatable bonds is 5. The SMILES string of the molecule is COc1cc(C)c2[nH]ccc2c1CN1CCC2(CC1c1ccc(C(N)=O)cc1)CC(F)(F)C2. The van der Waals surface area contributed by atoms with Gasteiger partial charge in [-0.2, -0.15) is 0 Å². The third-order valence-corrected chi connectivity index (χ3v) is 7.54. The molecule has 2 aromatic carbocycles. The number of piperidine rings is 1. The number of alkyl halides is 2. The summed E-state index contributed by atoms with van der Waals surface area (Å²) in [5.41, 5.74) is 9.84. The number of primary amides is 1. The molecule has 1 amide bonds. The van der Waals surface area contributed by atoms with Gasteiger partial charge in [-0.05, 0) is 67.1 Å². The van der Waals surface area contributed by atoms with Crippen LogP contribution in [0.1, 0.15) is 58.8 Å². The first-order valence-corrected chi connectivity index (χ1v) is 11.4. The van der Waals surface area contributed by atoms with Crippen LogP contribution in [0.2, 0.25) is 0 Å². The van der Waals surface area contributed by atoms with Gasteiger partial charge >= 0.3 is 0 Å². The Morgan fingerprint density at radius 1 is 1.24 bits per heavy atom. The Bertz CT molecular complexity index is 1190. The summed E-state index contributed by atoms with van der Waals surface area (Å²) >= 11 is 0. The summed E-state index contributed by atoms with van der Waals surface area (Å²) < 4.78 is 33.5. The van der Waals surface area contributed by atoms with Gasteiger partial charge in [0, 0.05) is 53.7 Å². The number of aromatic amines is 1. The van der Waals surface area contributed by atoms with Crippen LogP contribution in [0.25, 0.3) is 10.9 Å². The second kappa shape index (κ2) is 7.83. The number of H-pyrrole nitrogens is 1. The Hall–Kier alpha value is -2.93. The van der Waals surface area contributed by atoms with E-state index in [1.54, 1.807) is 19.2 Å². The van der Waals surface area contributed by atoms with Gasteiger partial charge in [-0.25, -0.2) is 8.78 Å². The lowest BCUT2D eigenvalue weighted by molar-refractivity contribution is -0.186. The largest absolute Gasteiger partial charge is 0.496 e. The predicted octanol–water partition coefficient (Wildman–Crippen LogP) is 5.34. The van der Waals surface area contributed by atoms with Crippen molar-refractivity contribution in [3.63, 3.8) is 0 Å². The highest BCUT2D eigenvalue weighted by Gasteiger charge is 2.58. The van der Waals surface area contributed by atoms with E-state index in [-0.39, 0.29) is 24.3 Å². The van der Waals surface area contributed by atoms with E-state index in [0.717, 1.165) is 46.3 Å². The van der Waals surface area contributed by atoms with Gasteiger partial charge < -0.3 is 15.5 Å². The molecule has 1 unspecified atom stereocenters. The van der Waals surface area contributed by atoms with Crippen molar-refractivity contribution in [1.82, 2.24) is 9.88 Å². The molecule has 5 nitrogen and oxygen atoms in total. The molecule has 2 fully saturated rings. The van der Waals surface area contributed by atoms with Gasteiger partial charge in [0.05, 0.1) is 7.11 Å². The van der Waals surface area contributed by atoms with Crippen molar-refractivity contribution >= 4 is 16.8 Å². The smallest absolute Gasteiger partial charge is 0.249 e. The fourth-order valence-corrected chi connectivity index (χ4v) is 5.92. The first-order valence-electron chi connectivity index (χ1n) is 11.4. The molecule has 1 spiro atoms. The number of amides is 1. The van der Waals surface area contributed by atoms with E-state index in [1.165, 1.54) is 0 Å². The summed E-state index contributed by atoms with van der Waals surface area (Å²) in [7, 11) is 1.68. The van der Waals surface area contributed by atoms with Crippen molar-refractivity contribution in [1.29, 1.82) is 0 Å². The van der Waals surface area contributed by atoms with E-state index in [2.05, 4.69) is 22.9 Å². The molecule has 5 rings (SSSR count). The zero-order valence-corrected chi connectivity index (χ0v) is 19.0. The second-order valence-electron chi connectivity index (χ2n) is 9.78. The summed E-state index contributed by atoms with van der Waals surface area (Å²) in [5.74, 6) is -2.20. The Morgan fingerprint density at radius 3 is 2.61 bits per heavy atom. The van der Waals surface area contributed by atoms with Gasteiger partial charge in [0.1, 0.15) is 5.75 Å². The van der Waals surface area contributed by atoms with Gasteiger partial charge in [-0.3, -0.25) is 9.69 Å². The Labute approximate surface area is 191 Å². The van der Waals surface area contributed by atoms with Crippen LogP contribution in [0.5, 0.6) is 5.75 Å². The summed E-state index contributed by atoms with van der Waals surface area (Å²) in [6.07, 6.45) is 3.27. The van der Waals surface area contributed by atoms with Gasteiger partial charge in [0.2, 0.25) is 11.8 Å². The summed E-state index contributed by atoms with van der Waals surface area (Å²) in [6, 6.07) is 11.3. The van der Waals surface area contributed by atoms with Gasteiger partial charge in [-0.15, -0.1) is 0 Å².